The van der Waals surface area contributed by atoms with Gasteiger partial charge in [0.2, 0.25) is 5.91 Å². The fourth-order valence-electron chi connectivity index (χ4n) is 5.83. The summed E-state index contributed by atoms with van der Waals surface area (Å²) in [5, 5.41) is 4.31. The molecule has 1 N–H and O–H groups in total. The number of unbranched alkanes of at least 4 members (excludes halogenated alkanes) is 1. The van der Waals surface area contributed by atoms with Crippen LogP contribution < -0.4 is 14.8 Å². The third kappa shape index (κ3) is 8.12. The molecular formula is C34H42N4O5. The van der Waals surface area contributed by atoms with Crippen LogP contribution in [0.2, 0.25) is 0 Å². The molecule has 228 valence electrons. The lowest BCUT2D eigenvalue weighted by Crippen LogP contribution is -2.48. The van der Waals surface area contributed by atoms with Crippen LogP contribution in [-0.4, -0.2) is 86.8 Å². The Hall–Kier alpha value is -3.95. The number of aryl methyl sites for hydroxylation is 1. The van der Waals surface area contributed by atoms with Crippen molar-refractivity contribution in [3.8, 4) is 11.5 Å². The van der Waals surface area contributed by atoms with Gasteiger partial charge in [0.25, 0.3) is 0 Å². The maximum atomic E-state index is 13.2. The molecule has 0 spiro atoms. The monoisotopic (exact) mass is 586 g/mol. The van der Waals surface area contributed by atoms with E-state index in [2.05, 4.69) is 25.9 Å². The van der Waals surface area contributed by atoms with Crippen LogP contribution in [-0.2, 0) is 27.2 Å². The van der Waals surface area contributed by atoms with Crippen molar-refractivity contribution in [3.63, 3.8) is 0 Å². The Balaban J connectivity index is 1.03. The minimum Gasteiger partial charge on any atom is -0.493 e. The molecular weight excluding hydrogens is 544 g/mol. The number of hydrogen-bond donors (Lipinski definition) is 1. The summed E-state index contributed by atoms with van der Waals surface area (Å²) in [4.78, 5) is 34.1. The first-order valence-electron chi connectivity index (χ1n) is 15.3. The zero-order chi connectivity index (χ0) is 30.0. The van der Waals surface area contributed by atoms with Crippen LogP contribution in [0.5, 0.6) is 11.5 Å². The van der Waals surface area contributed by atoms with Crippen molar-refractivity contribution in [2.75, 3.05) is 65.4 Å². The van der Waals surface area contributed by atoms with E-state index in [-0.39, 0.29) is 5.91 Å². The third-order valence-electron chi connectivity index (χ3n) is 8.19. The number of para-hydroxylation sites is 1. The SMILES string of the molecule is COC(=O)/C=C/c1ccc(OCCCCN2CCN(CC(=O)Nc3c4c(nc5ccccc35)CCCC4)CC2)c(OC)c1. The van der Waals surface area contributed by atoms with Gasteiger partial charge in [-0.05, 0) is 80.5 Å². The number of nitrogens with one attached hydrogen (secondary N) is 1. The summed E-state index contributed by atoms with van der Waals surface area (Å²) in [5.74, 6) is 0.964. The van der Waals surface area contributed by atoms with E-state index in [0.717, 1.165) is 99.1 Å². The average molecular weight is 587 g/mol. The standard InChI is InChI=1S/C34H42N4O5/c1-41-31-23-25(14-16-33(40)42-2)13-15-30(31)43-22-8-7-17-37-18-20-38(21-19-37)24-32(39)36-34-26-9-3-5-11-28(26)35-29-12-6-4-10-27(29)34/h3,5,9,11,13-16,23H,4,6-8,10,12,17-22,24H2,1-2H3,(H,35,36,39)/b16-14+. The van der Waals surface area contributed by atoms with Gasteiger partial charge in [0, 0.05) is 43.3 Å². The van der Waals surface area contributed by atoms with Crippen LogP contribution in [0.1, 0.15) is 42.5 Å². The molecule has 43 heavy (non-hydrogen) atoms. The molecule has 1 amide bonds. The Bertz CT molecular complexity index is 1450. The molecule has 5 rings (SSSR count). The number of aromatic nitrogens is 1. The van der Waals surface area contributed by atoms with Crippen molar-refractivity contribution in [2.24, 2.45) is 0 Å². The van der Waals surface area contributed by atoms with Gasteiger partial charge in [-0.15, -0.1) is 0 Å². The van der Waals surface area contributed by atoms with Crippen molar-refractivity contribution in [2.45, 2.75) is 38.5 Å². The summed E-state index contributed by atoms with van der Waals surface area (Å²) >= 11 is 0. The van der Waals surface area contributed by atoms with E-state index < -0.39 is 5.97 Å². The lowest BCUT2D eigenvalue weighted by molar-refractivity contribution is -0.134. The number of anilines is 1. The Labute approximate surface area is 253 Å². The highest BCUT2D eigenvalue weighted by molar-refractivity contribution is 6.03. The number of carbonyl (C=O) groups excluding carboxylic acids is 2. The fourth-order valence-corrected chi connectivity index (χ4v) is 5.83. The number of nitrogens with zero attached hydrogens (tertiary/aromatic N) is 3. The molecule has 0 radical (unpaired) electrons. The molecule has 0 bridgehead atoms. The van der Waals surface area contributed by atoms with Gasteiger partial charge >= 0.3 is 5.97 Å². The molecule has 1 aliphatic heterocycles. The normalized spacial score (nSPS) is 15.8. The van der Waals surface area contributed by atoms with Crippen LogP contribution >= 0.6 is 0 Å². The maximum Gasteiger partial charge on any atom is 0.330 e. The van der Waals surface area contributed by atoms with Crippen LogP contribution in [0.15, 0.2) is 48.5 Å². The van der Waals surface area contributed by atoms with Crippen LogP contribution in [0, 0.1) is 0 Å². The van der Waals surface area contributed by atoms with Crippen LogP contribution in [0.3, 0.4) is 0 Å². The minimum atomic E-state index is -0.404. The van der Waals surface area contributed by atoms with Gasteiger partial charge in [-0.2, -0.15) is 0 Å². The summed E-state index contributed by atoms with van der Waals surface area (Å²) in [6, 6.07) is 13.7. The lowest BCUT2D eigenvalue weighted by Gasteiger charge is -2.34. The summed E-state index contributed by atoms with van der Waals surface area (Å²) in [6.07, 6.45) is 9.27. The largest absolute Gasteiger partial charge is 0.493 e. The predicted octanol–water partition coefficient (Wildman–Crippen LogP) is 4.72. The zero-order valence-corrected chi connectivity index (χ0v) is 25.3. The second kappa shape index (κ2) is 15.0. The molecule has 2 heterocycles. The van der Waals surface area contributed by atoms with Gasteiger partial charge in [-0.1, -0.05) is 24.3 Å². The third-order valence-corrected chi connectivity index (χ3v) is 8.19. The molecule has 1 saturated heterocycles. The molecule has 2 aromatic carbocycles. The summed E-state index contributed by atoms with van der Waals surface area (Å²) in [5.41, 5.74) is 5.11. The number of pyridine rings is 1. The van der Waals surface area contributed by atoms with Crippen molar-refractivity contribution >= 4 is 34.5 Å². The van der Waals surface area contributed by atoms with Gasteiger partial charge in [0.05, 0.1) is 38.6 Å². The van der Waals surface area contributed by atoms with E-state index in [1.165, 1.54) is 18.7 Å². The van der Waals surface area contributed by atoms with E-state index in [1.54, 1.807) is 13.2 Å². The number of esters is 1. The highest BCUT2D eigenvalue weighted by atomic mass is 16.5. The van der Waals surface area contributed by atoms with Crippen LogP contribution in [0.25, 0.3) is 17.0 Å². The van der Waals surface area contributed by atoms with Gasteiger partial charge in [-0.3, -0.25) is 14.7 Å². The van der Waals surface area contributed by atoms with Gasteiger partial charge < -0.3 is 24.4 Å². The van der Waals surface area contributed by atoms with E-state index in [1.807, 2.05) is 36.4 Å². The molecule has 2 aliphatic rings. The minimum absolute atomic E-state index is 0.0534. The number of amides is 1. The number of methoxy groups -OCH3 is 2. The van der Waals surface area contributed by atoms with Crippen molar-refractivity contribution in [3.05, 3.63) is 65.4 Å². The van der Waals surface area contributed by atoms with Crippen molar-refractivity contribution in [1.82, 2.24) is 14.8 Å². The van der Waals surface area contributed by atoms with E-state index in [4.69, 9.17) is 14.5 Å². The summed E-state index contributed by atoms with van der Waals surface area (Å²) in [7, 11) is 2.95. The predicted molar refractivity (Wildman–Crippen MR) is 169 cm³/mol. The zero-order valence-electron chi connectivity index (χ0n) is 25.3. The molecule has 3 aromatic rings. The molecule has 1 aliphatic carbocycles. The van der Waals surface area contributed by atoms with Gasteiger partial charge in [0.15, 0.2) is 11.5 Å². The van der Waals surface area contributed by atoms with Gasteiger partial charge in [0.1, 0.15) is 0 Å². The molecule has 9 heteroatoms. The number of fused-ring (bicyclic) bond motifs is 2. The number of benzene rings is 2. The molecule has 1 fully saturated rings. The Morgan fingerprint density at radius 2 is 1.74 bits per heavy atom. The van der Waals surface area contributed by atoms with E-state index >= 15 is 0 Å². The quantitative estimate of drug-likeness (QED) is 0.185. The first kappa shape index (κ1) is 30.5. The topological polar surface area (TPSA) is 93.2 Å². The van der Waals surface area contributed by atoms with Crippen LogP contribution in [0.4, 0.5) is 5.69 Å². The van der Waals surface area contributed by atoms with Gasteiger partial charge in [-0.25, -0.2) is 4.79 Å². The number of hydrogen-bond acceptors (Lipinski definition) is 8. The average Bonchev–Trinajstić information content (AvgIpc) is 3.04. The highest BCUT2D eigenvalue weighted by Gasteiger charge is 2.22. The second-order valence-corrected chi connectivity index (χ2v) is 11.1. The molecule has 0 unspecified atom stereocenters. The Kier molecular flexibility index (Phi) is 10.6. The van der Waals surface area contributed by atoms with Crippen molar-refractivity contribution < 1.29 is 23.8 Å². The smallest absolute Gasteiger partial charge is 0.330 e. The number of carbonyl (C=O) groups is 2. The maximum absolute atomic E-state index is 13.2. The number of piperazine rings is 1. The first-order chi connectivity index (χ1) is 21.0. The van der Waals surface area contributed by atoms with E-state index in [9.17, 15) is 9.59 Å². The number of ether oxygens (including phenoxy) is 3. The molecule has 1 aromatic heterocycles. The molecule has 0 atom stereocenters. The fraction of sp³-hybridized carbons (Fsp3) is 0.441. The van der Waals surface area contributed by atoms with Crippen molar-refractivity contribution in [1.29, 1.82) is 0 Å². The van der Waals surface area contributed by atoms with E-state index in [0.29, 0.717) is 24.7 Å². The Morgan fingerprint density at radius 1 is 0.953 bits per heavy atom. The lowest BCUT2D eigenvalue weighted by atomic mass is 9.92. The first-order valence-corrected chi connectivity index (χ1v) is 15.3. The summed E-state index contributed by atoms with van der Waals surface area (Å²) in [6.45, 7) is 5.69. The second-order valence-electron chi connectivity index (χ2n) is 11.1. The molecule has 0 saturated carbocycles. The number of rotatable bonds is 12. The summed E-state index contributed by atoms with van der Waals surface area (Å²) < 4.78 is 16.1. The highest BCUT2D eigenvalue weighted by Crippen LogP contribution is 2.33. The molecule has 9 nitrogen and oxygen atoms in total. The Morgan fingerprint density at radius 3 is 2.56 bits per heavy atom.